The van der Waals surface area contributed by atoms with E-state index in [2.05, 4.69) is 103 Å². The lowest BCUT2D eigenvalue weighted by molar-refractivity contribution is 0.856. The summed E-state index contributed by atoms with van der Waals surface area (Å²) in [6.45, 7) is 0. The van der Waals surface area contributed by atoms with Crippen molar-refractivity contribution in [2.45, 2.75) is 12.3 Å². The summed E-state index contributed by atoms with van der Waals surface area (Å²) in [6.07, 6.45) is 9.93. The first-order valence-corrected chi connectivity index (χ1v) is 8.50. The van der Waals surface area contributed by atoms with E-state index in [0.717, 1.165) is 6.42 Å². The summed E-state index contributed by atoms with van der Waals surface area (Å²) in [4.78, 5) is 0. The number of benzene rings is 3. The Morgan fingerprint density at radius 1 is 0.583 bits per heavy atom. The van der Waals surface area contributed by atoms with Crippen LogP contribution in [0, 0.1) is 0 Å². The van der Waals surface area contributed by atoms with Gasteiger partial charge in [0.1, 0.15) is 0 Å². The molecule has 0 fully saturated rings. The van der Waals surface area contributed by atoms with Crippen LogP contribution in [0.1, 0.15) is 17.9 Å². The molecule has 3 aromatic rings. The van der Waals surface area contributed by atoms with Crippen molar-refractivity contribution in [2.75, 3.05) is 0 Å². The molecule has 0 nitrogen and oxygen atoms in total. The molecule has 1 unspecified atom stereocenters. The van der Waals surface area contributed by atoms with Crippen LogP contribution in [0.4, 0.5) is 0 Å². The van der Waals surface area contributed by atoms with Crippen LogP contribution in [0.5, 0.6) is 0 Å². The van der Waals surface area contributed by atoms with Crippen LogP contribution in [0.25, 0.3) is 22.3 Å². The van der Waals surface area contributed by atoms with Gasteiger partial charge in [-0.25, -0.2) is 0 Å². The molecule has 0 heteroatoms. The number of hydrogen-bond acceptors (Lipinski definition) is 0. The second-order valence-electron chi connectivity index (χ2n) is 6.15. The molecule has 3 aromatic carbocycles. The first kappa shape index (κ1) is 14.7. The molecule has 0 amide bonds. The highest BCUT2D eigenvalue weighted by molar-refractivity contribution is 5.85. The maximum absolute atomic E-state index is 2.31. The summed E-state index contributed by atoms with van der Waals surface area (Å²) in [5.41, 5.74) is 6.61. The van der Waals surface area contributed by atoms with Crippen LogP contribution in [-0.4, -0.2) is 0 Å². The third kappa shape index (κ3) is 2.83. The van der Waals surface area contributed by atoms with Gasteiger partial charge < -0.3 is 0 Å². The number of hydrogen-bond donors (Lipinski definition) is 0. The van der Waals surface area contributed by atoms with E-state index in [1.807, 2.05) is 0 Å². The Morgan fingerprint density at radius 2 is 1.25 bits per heavy atom. The third-order valence-corrected chi connectivity index (χ3v) is 4.64. The van der Waals surface area contributed by atoms with Gasteiger partial charge >= 0.3 is 0 Å². The molecular formula is C24H20. The van der Waals surface area contributed by atoms with Crippen molar-refractivity contribution in [3.8, 4) is 22.3 Å². The average molecular weight is 308 g/mol. The normalized spacial score (nSPS) is 16.2. The van der Waals surface area contributed by atoms with Crippen molar-refractivity contribution >= 4 is 0 Å². The Hall–Kier alpha value is -2.86. The van der Waals surface area contributed by atoms with Gasteiger partial charge in [-0.15, -0.1) is 0 Å². The first-order chi connectivity index (χ1) is 11.9. The van der Waals surface area contributed by atoms with Gasteiger partial charge in [-0.2, -0.15) is 0 Å². The van der Waals surface area contributed by atoms with Crippen molar-refractivity contribution in [1.29, 1.82) is 0 Å². The fourth-order valence-electron chi connectivity index (χ4n) is 3.46. The highest BCUT2D eigenvalue weighted by Crippen LogP contribution is 2.38. The van der Waals surface area contributed by atoms with Gasteiger partial charge in [0.2, 0.25) is 0 Å². The zero-order valence-electron chi connectivity index (χ0n) is 13.6. The second kappa shape index (κ2) is 6.72. The minimum atomic E-state index is 0.454. The monoisotopic (exact) mass is 308 g/mol. The van der Waals surface area contributed by atoms with E-state index in [4.69, 9.17) is 0 Å². The molecule has 1 aliphatic rings. The standard InChI is InChI=1S/C24H20/c1-3-11-19(12-4-1)21-15-7-9-17-23(21)24-18-10-8-16-22(24)20-13-5-2-6-14-20/h1-13,15-18,20H,14H2. The molecule has 4 rings (SSSR count). The molecule has 1 aliphatic carbocycles. The van der Waals surface area contributed by atoms with E-state index in [0.29, 0.717) is 5.92 Å². The van der Waals surface area contributed by atoms with E-state index in [1.54, 1.807) is 0 Å². The van der Waals surface area contributed by atoms with Crippen LogP contribution >= 0.6 is 0 Å². The van der Waals surface area contributed by atoms with E-state index in [9.17, 15) is 0 Å². The molecule has 0 N–H and O–H groups in total. The van der Waals surface area contributed by atoms with Gasteiger partial charge in [0.05, 0.1) is 0 Å². The second-order valence-corrected chi connectivity index (χ2v) is 6.15. The molecule has 0 bridgehead atoms. The molecule has 0 heterocycles. The highest BCUT2D eigenvalue weighted by atomic mass is 14.2. The quantitative estimate of drug-likeness (QED) is 0.510. The van der Waals surface area contributed by atoms with Gasteiger partial charge in [-0.05, 0) is 34.2 Å². The van der Waals surface area contributed by atoms with Crippen molar-refractivity contribution in [2.24, 2.45) is 0 Å². The Labute approximate surface area is 143 Å². The largest absolute Gasteiger partial charge is 0.0836 e. The molecule has 0 aliphatic heterocycles. The molecular weight excluding hydrogens is 288 g/mol. The summed E-state index contributed by atoms with van der Waals surface area (Å²) in [7, 11) is 0. The fourth-order valence-corrected chi connectivity index (χ4v) is 3.46. The Balaban J connectivity index is 1.86. The Morgan fingerprint density at radius 3 is 2.00 bits per heavy atom. The zero-order chi connectivity index (χ0) is 16.2. The molecule has 0 saturated heterocycles. The van der Waals surface area contributed by atoms with Crippen molar-refractivity contribution in [3.05, 3.63) is 109 Å². The first-order valence-electron chi connectivity index (χ1n) is 8.50. The predicted octanol–water partition coefficient (Wildman–Crippen LogP) is 6.62. The van der Waals surface area contributed by atoms with Crippen molar-refractivity contribution in [3.63, 3.8) is 0 Å². The summed E-state index contributed by atoms with van der Waals surface area (Å²) in [5.74, 6) is 0.454. The highest BCUT2D eigenvalue weighted by Gasteiger charge is 2.16. The smallest absolute Gasteiger partial charge is 0.00618 e. The van der Waals surface area contributed by atoms with Crippen LogP contribution in [0.2, 0.25) is 0 Å². The molecule has 0 aromatic heterocycles. The van der Waals surface area contributed by atoms with E-state index in [-0.39, 0.29) is 0 Å². The third-order valence-electron chi connectivity index (χ3n) is 4.64. The van der Waals surface area contributed by atoms with E-state index >= 15 is 0 Å². The molecule has 1 atom stereocenters. The molecule has 0 saturated carbocycles. The van der Waals surface area contributed by atoms with Crippen LogP contribution in [0.15, 0.2) is 103 Å². The topological polar surface area (TPSA) is 0 Å². The zero-order valence-corrected chi connectivity index (χ0v) is 13.6. The van der Waals surface area contributed by atoms with Gasteiger partial charge in [-0.1, -0.05) is 103 Å². The summed E-state index contributed by atoms with van der Waals surface area (Å²) < 4.78 is 0. The molecule has 24 heavy (non-hydrogen) atoms. The van der Waals surface area contributed by atoms with Gasteiger partial charge in [0.15, 0.2) is 0 Å². The average Bonchev–Trinajstić information content (AvgIpc) is 2.69. The summed E-state index contributed by atoms with van der Waals surface area (Å²) >= 11 is 0. The van der Waals surface area contributed by atoms with Crippen LogP contribution in [-0.2, 0) is 0 Å². The molecule has 0 spiro atoms. The Kier molecular flexibility index (Phi) is 4.12. The van der Waals surface area contributed by atoms with Gasteiger partial charge in [-0.3, -0.25) is 0 Å². The van der Waals surface area contributed by atoms with E-state index < -0.39 is 0 Å². The fraction of sp³-hybridized carbons (Fsp3) is 0.0833. The SMILES string of the molecule is C1=CCC(c2ccccc2-c2ccccc2-c2ccccc2)C=C1. The van der Waals surface area contributed by atoms with Gasteiger partial charge in [0.25, 0.3) is 0 Å². The minimum absolute atomic E-state index is 0.454. The summed E-state index contributed by atoms with van der Waals surface area (Å²) in [6, 6.07) is 28.2. The number of rotatable bonds is 3. The lowest BCUT2D eigenvalue weighted by Crippen LogP contribution is -1.99. The Bertz CT molecular complexity index is 885. The predicted molar refractivity (Wildman–Crippen MR) is 103 cm³/mol. The van der Waals surface area contributed by atoms with Crippen molar-refractivity contribution in [1.82, 2.24) is 0 Å². The maximum Gasteiger partial charge on any atom is 0.00618 e. The molecule has 116 valence electrons. The summed E-state index contributed by atoms with van der Waals surface area (Å²) in [5, 5.41) is 0. The van der Waals surface area contributed by atoms with E-state index in [1.165, 1.54) is 27.8 Å². The maximum atomic E-state index is 2.31. The lowest BCUT2D eigenvalue weighted by Gasteiger charge is -2.20. The van der Waals surface area contributed by atoms with Crippen LogP contribution < -0.4 is 0 Å². The van der Waals surface area contributed by atoms with Crippen molar-refractivity contribution < 1.29 is 0 Å². The molecule has 0 radical (unpaired) electrons. The number of allylic oxidation sites excluding steroid dienone is 4. The minimum Gasteiger partial charge on any atom is -0.0836 e. The van der Waals surface area contributed by atoms with Crippen LogP contribution in [0.3, 0.4) is 0 Å². The van der Waals surface area contributed by atoms with Gasteiger partial charge in [0, 0.05) is 5.92 Å². The lowest BCUT2D eigenvalue weighted by atomic mass is 9.84.